The molecule has 0 aliphatic rings. The Labute approximate surface area is 136 Å². The third-order valence-electron chi connectivity index (χ3n) is 2.88. The molecule has 2 rings (SSSR count). The largest absolute Gasteiger partial charge is 0.490 e. The van der Waals surface area contributed by atoms with E-state index in [1.807, 2.05) is 60.7 Å². The summed E-state index contributed by atoms with van der Waals surface area (Å²) in [6.07, 6.45) is 1.21. The standard InChI is InChI=1S/C16H16BCl2O2/c18-15(11-13-7-3-1-4-8-13)20-17-21-16(19)12-14-9-5-2-6-10-14/h1-10,15-16H,11-12H2. The molecule has 1 radical (unpaired) electrons. The summed E-state index contributed by atoms with van der Waals surface area (Å²) < 4.78 is 10.6. The zero-order valence-electron chi connectivity index (χ0n) is 11.5. The predicted octanol–water partition coefficient (Wildman–Crippen LogP) is 4.17. The van der Waals surface area contributed by atoms with Gasteiger partial charge in [-0.1, -0.05) is 83.9 Å². The zero-order chi connectivity index (χ0) is 14.9. The molecule has 0 aromatic heterocycles. The van der Waals surface area contributed by atoms with Crippen molar-refractivity contribution >= 4 is 30.9 Å². The van der Waals surface area contributed by atoms with Crippen molar-refractivity contribution in [2.75, 3.05) is 0 Å². The van der Waals surface area contributed by atoms with Gasteiger partial charge in [0.2, 0.25) is 0 Å². The van der Waals surface area contributed by atoms with Crippen molar-refractivity contribution in [2.45, 2.75) is 24.0 Å². The molecule has 0 amide bonds. The normalized spacial score (nSPS) is 13.6. The second-order valence-corrected chi connectivity index (χ2v) is 5.54. The molecule has 5 heteroatoms. The molecule has 2 aromatic carbocycles. The Morgan fingerprint density at radius 1 is 0.714 bits per heavy atom. The number of alkyl halides is 2. The molecule has 0 heterocycles. The number of hydrogen-bond donors (Lipinski definition) is 0. The first-order chi connectivity index (χ1) is 10.2. The molecule has 2 aromatic rings. The summed E-state index contributed by atoms with van der Waals surface area (Å²) >= 11 is 12.2. The molecule has 0 fully saturated rings. The third-order valence-corrected chi connectivity index (χ3v) is 3.40. The topological polar surface area (TPSA) is 18.5 Å². The Morgan fingerprint density at radius 3 is 1.48 bits per heavy atom. The molecule has 0 aliphatic heterocycles. The molecule has 0 bridgehead atoms. The number of rotatable bonds is 8. The van der Waals surface area contributed by atoms with Crippen LogP contribution in [0.1, 0.15) is 11.1 Å². The van der Waals surface area contributed by atoms with E-state index in [4.69, 9.17) is 32.5 Å². The van der Waals surface area contributed by atoms with E-state index in [1.165, 1.54) is 7.69 Å². The maximum absolute atomic E-state index is 6.08. The van der Waals surface area contributed by atoms with Crippen LogP contribution in [-0.4, -0.2) is 18.8 Å². The van der Waals surface area contributed by atoms with Gasteiger partial charge in [0.15, 0.2) is 0 Å². The molecule has 0 saturated carbocycles. The Bertz CT molecular complexity index is 463. The first-order valence-corrected chi connectivity index (χ1v) is 7.60. The lowest BCUT2D eigenvalue weighted by atomic mass is 10.1. The zero-order valence-corrected chi connectivity index (χ0v) is 13.0. The van der Waals surface area contributed by atoms with Gasteiger partial charge in [0.1, 0.15) is 11.1 Å². The lowest BCUT2D eigenvalue weighted by Crippen LogP contribution is -2.19. The molecule has 0 aliphatic carbocycles. The van der Waals surface area contributed by atoms with Gasteiger partial charge in [-0.3, -0.25) is 0 Å². The van der Waals surface area contributed by atoms with E-state index < -0.39 is 11.1 Å². The van der Waals surface area contributed by atoms with E-state index in [2.05, 4.69) is 0 Å². The van der Waals surface area contributed by atoms with E-state index in [0.717, 1.165) is 11.1 Å². The fourth-order valence-electron chi connectivity index (χ4n) is 1.85. The van der Waals surface area contributed by atoms with Gasteiger partial charge in [0.25, 0.3) is 0 Å². The first-order valence-electron chi connectivity index (χ1n) is 6.72. The summed E-state index contributed by atoms with van der Waals surface area (Å²) in [6.45, 7) is 0. The summed E-state index contributed by atoms with van der Waals surface area (Å²) in [5, 5.41) is 0. The van der Waals surface area contributed by atoms with Crippen molar-refractivity contribution in [2.24, 2.45) is 0 Å². The molecule has 21 heavy (non-hydrogen) atoms. The summed E-state index contributed by atoms with van der Waals surface area (Å²) in [4.78, 5) is 0. The van der Waals surface area contributed by atoms with Gasteiger partial charge in [-0.25, -0.2) is 0 Å². The van der Waals surface area contributed by atoms with Crippen LogP contribution in [0.2, 0.25) is 0 Å². The maximum atomic E-state index is 6.08. The minimum Gasteiger partial charge on any atom is -0.396 e. The van der Waals surface area contributed by atoms with Gasteiger partial charge in [-0.2, -0.15) is 0 Å². The third kappa shape index (κ3) is 6.53. The monoisotopic (exact) mass is 321 g/mol. The highest BCUT2D eigenvalue weighted by Crippen LogP contribution is 2.11. The number of halogens is 2. The fourth-order valence-corrected chi connectivity index (χ4v) is 2.29. The van der Waals surface area contributed by atoms with Crippen LogP contribution in [0, 0.1) is 0 Å². The average molecular weight is 322 g/mol. The second-order valence-electron chi connectivity index (χ2n) is 4.57. The quantitative estimate of drug-likeness (QED) is 0.536. The van der Waals surface area contributed by atoms with Crippen molar-refractivity contribution < 1.29 is 9.31 Å². The minimum atomic E-state index is -0.479. The van der Waals surface area contributed by atoms with Crippen LogP contribution in [0.25, 0.3) is 0 Å². The molecular weight excluding hydrogens is 306 g/mol. The summed E-state index contributed by atoms with van der Waals surface area (Å²) in [5.41, 5.74) is 1.26. The molecule has 0 saturated heterocycles. The van der Waals surface area contributed by atoms with E-state index in [1.54, 1.807) is 0 Å². The molecule has 2 unspecified atom stereocenters. The predicted molar refractivity (Wildman–Crippen MR) is 87.5 cm³/mol. The van der Waals surface area contributed by atoms with Crippen LogP contribution in [0.4, 0.5) is 0 Å². The van der Waals surface area contributed by atoms with Gasteiger partial charge >= 0.3 is 7.69 Å². The smallest absolute Gasteiger partial charge is 0.396 e. The lowest BCUT2D eigenvalue weighted by Gasteiger charge is -2.13. The Morgan fingerprint density at radius 2 is 1.10 bits per heavy atom. The lowest BCUT2D eigenvalue weighted by molar-refractivity contribution is 0.188. The highest BCUT2D eigenvalue weighted by molar-refractivity contribution is 6.27. The molecule has 2 atom stereocenters. The van der Waals surface area contributed by atoms with E-state index in [9.17, 15) is 0 Å². The highest BCUT2D eigenvalue weighted by atomic mass is 35.5. The number of benzene rings is 2. The first kappa shape index (κ1) is 16.4. The second kappa shape index (κ2) is 9.11. The van der Waals surface area contributed by atoms with Gasteiger partial charge in [0.05, 0.1) is 0 Å². The fraction of sp³-hybridized carbons (Fsp3) is 0.250. The molecule has 2 nitrogen and oxygen atoms in total. The van der Waals surface area contributed by atoms with Crippen molar-refractivity contribution in [3.05, 3.63) is 71.8 Å². The molecule has 0 spiro atoms. The SMILES string of the molecule is ClC(Cc1ccccc1)O[B]OC(Cl)Cc1ccccc1. The maximum Gasteiger partial charge on any atom is 0.490 e. The molecule has 109 valence electrons. The van der Waals surface area contributed by atoms with E-state index >= 15 is 0 Å². The summed E-state index contributed by atoms with van der Waals surface area (Å²) in [5.74, 6) is 0. The van der Waals surface area contributed by atoms with E-state index in [0.29, 0.717) is 12.8 Å². The van der Waals surface area contributed by atoms with Crippen LogP contribution < -0.4 is 0 Å². The van der Waals surface area contributed by atoms with Crippen molar-refractivity contribution in [1.29, 1.82) is 0 Å². The average Bonchev–Trinajstić information content (AvgIpc) is 2.49. The van der Waals surface area contributed by atoms with Crippen molar-refractivity contribution in [1.82, 2.24) is 0 Å². The van der Waals surface area contributed by atoms with E-state index in [-0.39, 0.29) is 0 Å². The Hall–Kier alpha value is -0.995. The Kier molecular flexibility index (Phi) is 7.10. The minimum absolute atomic E-state index is 0.479. The highest BCUT2D eigenvalue weighted by Gasteiger charge is 2.11. The van der Waals surface area contributed by atoms with Crippen LogP contribution in [0.15, 0.2) is 60.7 Å². The van der Waals surface area contributed by atoms with Crippen LogP contribution in [-0.2, 0) is 22.2 Å². The van der Waals surface area contributed by atoms with Gasteiger partial charge < -0.3 is 9.31 Å². The molecule has 0 N–H and O–H groups in total. The van der Waals surface area contributed by atoms with Gasteiger partial charge in [-0.15, -0.1) is 0 Å². The van der Waals surface area contributed by atoms with Crippen molar-refractivity contribution in [3.8, 4) is 0 Å². The van der Waals surface area contributed by atoms with Crippen molar-refractivity contribution in [3.63, 3.8) is 0 Å². The molecular formula is C16H16BCl2O2. The van der Waals surface area contributed by atoms with Gasteiger partial charge in [0, 0.05) is 12.8 Å². The Balaban J connectivity index is 1.64. The van der Waals surface area contributed by atoms with Crippen LogP contribution in [0.5, 0.6) is 0 Å². The van der Waals surface area contributed by atoms with Crippen LogP contribution in [0.3, 0.4) is 0 Å². The van der Waals surface area contributed by atoms with Crippen LogP contribution >= 0.6 is 23.2 Å². The summed E-state index contributed by atoms with van der Waals surface area (Å²) in [6, 6.07) is 19.8. The summed E-state index contributed by atoms with van der Waals surface area (Å²) in [7, 11) is 1.22. The number of hydrogen-bond acceptors (Lipinski definition) is 2. The van der Waals surface area contributed by atoms with Gasteiger partial charge in [-0.05, 0) is 11.1 Å².